The van der Waals surface area contributed by atoms with Crippen molar-refractivity contribution in [2.75, 3.05) is 13.1 Å². The lowest BCUT2D eigenvalue weighted by Gasteiger charge is -2.14. The van der Waals surface area contributed by atoms with Crippen LogP contribution in [0.2, 0.25) is 0 Å². The van der Waals surface area contributed by atoms with Gasteiger partial charge in [0, 0.05) is 13.1 Å². The van der Waals surface area contributed by atoms with Gasteiger partial charge in [0.15, 0.2) is 0 Å². The van der Waals surface area contributed by atoms with Gasteiger partial charge in [-0.1, -0.05) is 168 Å². The molecule has 0 saturated heterocycles. The van der Waals surface area contributed by atoms with E-state index < -0.39 is 0 Å². The van der Waals surface area contributed by atoms with E-state index in [-0.39, 0.29) is 0 Å². The first-order chi connectivity index (χ1) is 15.8. The zero-order valence-electron chi connectivity index (χ0n) is 22.7. The molecule has 2 nitrogen and oxygen atoms in total. The van der Waals surface area contributed by atoms with Crippen molar-refractivity contribution in [2.45, 2.75) is 181 Å². The van der Waals surface area contributed by atoms with Crippen molar-refractivity contribution in [3.63, 3.8) is 0 Å². The van der Waals surface area contributed by atoms with Gasteiger partial charge in [0.05, 0.1) is 0 Å². The van der Waals surface area contributed by atoms with Crippen LogP contribution < -0.4 is 0 Å². The highest BCUT2D eigenvalue weighted by molar-refractivity contribution is 4.53. The summed E-state index contributed by atoms with van der Waals surface area (Å²) in [5.41, 5.74) is 0. The summed E-state index contributed by atoms with van der Waals surface area (Å²) in [5.74, 6) is 0. The number of hydrogen-bond acceptors (Lipinski definition) is 2. The van der Waals surface area contributed by atoms with Crippen LogP contribution >= 0.6 is 0 Å². The van der Waals surface area contributed by atoms with E-state index in [4.69, 9.17) is 0 Å². The molecular weight excluding hydrogens is 390 g/mol. The van der Waals surface area contributed by atoms with E-state index in [2.05, 4.69) is 13.8 Å². The minimum atomic E-state index is 0.871. The molecule has 0 atom stereocenters. The standard InChI is InChI=1S/C30H63NO/c1-3-5-7-9-11-13-15-17-18-20-22-24-26-28-30-31(32)29-27-25-23-21-19-16-14-12-10-8-6-4-2/h32H,3-30H2,1-2H3. The Morgan fingerprint density at radius 2 is 0.500 bits per heavy atom. The summed E-state index contributed by atoms with van der Waals surface area (Å²) >= 11 is 0. The van der Waals surface area contributed by atoms with Gasteiger partial charge in [-0.25, -0.2) is 0 Å². The van der Waals surface area contributed by atoms with Crippen molar-refractivity contribution in [1.82, 2.24) is 5.06 Å². The second-order valence-electron chi connectivity index (χ2n) is 10.4. The Balaban J connectivity index is 3.13. The SMILES string of the molecule is CCCCCCCCCCCCCCCCN(O)CCCCCCCCCCCCCC. The third-order valence-corrected chi connectivity index (χ3v) is 7.04. The molecule has 0 aliphatic carbocycles. The van der Waals surface area contributed by atoms with Crippen molar-refractivity contribution in [3.8, 4) is 0 Å². The topological polar surface area (TPSA) is 23.5 Å². The van der Waals surface area contributed by atoms with Crippen molar-refractivity contribution in [3.05, 3.63) is 0 Å². The second kappa shape index (κ2) is 29.0. The lowest BCUT2D eigenvalue weighted by molar-refractivity contribution is -0.0925. The van der Waals surface area contributed by atoms with Gasteiger partial charge in [-0.2, -0.15) is 5.06 Å². The van der Waals surface area contributed by atoms with Crippen molar-refractivity contribution in [1.29, 1.82) is 0 Å². The van der Waals surface area contributed by atoms with Crippen molar-refractivity contribution < 1.29 is 5.21 Å². The molecule has 0 fully saturated rings. The monoisotopic (exact) mass is 453 g/mol. The van der Waals surface area contributed by atoms with Crippen LogP contribution in [0.25, 0.3) is 0 Å². The van der Waals surface area contributed by atoms with Crippen molar-refractivity contribution in [2.24, 2.45) is 0 Å². The molecule has 0 aliphatic heterocycles. The van der Waals surface area contributed by atoms with Gasteiger partial charge in [0.25, 0.3) is 0 Å². The Morgan fingerprint density at radius 3 is 0.719 bits per heavy atom. The summed E-state index contributed by atoms with van der Waals surface area (Å²) in [6.07, 6.45) is 36.1. The quantitative estimate of drug-likeness (QED) is 0.0940. The highest BCUT2D eigenvalue weighted by atomic mass is 16.5. The Bertz CT molecular complexity index is 320. The lowest BCUT2D eigenvalue weighted by atomic mass is 10.0. The minimum Gasteiger partial charge on any atom is -0.314 e. The average Bonchev–Trinajstić information content (AvgIpc) is 2.80. The molecule has 0 spiro atoms. The van der Waals surface area contributed by atoms with E-state index >= 15 is 0 Å². The maximum atomic E-state index is 10.0. The molecule has 0 heterocycles. The summed E-state index contributed by atoms with van der Waals surface area (Å²) in [7, 11) is 0. The third-order valence-electron chi connectivity index (χ3n) is 7.04. The van der Waals surface area contributed by atoms with Crippen LogP contribution in [0.15, 0.2) is 0 Å². The molecule has 0 saturated carbocycles. The minimum absolute atomic E-state index is 0.871. The van der Waals surface area contributed by atoms with Crippen LogP contribution in [0.1, 0.15) is 181 Å². The predicted octanol–water partition coefficient (Wildman–Crippen LogP) is 10.9. The van der Waals surface area contributed by atoms with E-state index in [1.807, 2.05) is 0 Å². The number of hydrogen-bond donors (Lipinski definition) is 1. The fourth-order valence-corrected chi connectivity index (χ4v) is 4.74. The second-order valence-corrected chi connectivity index (χ2v) is 10.4. The molecule has 2 heteroatoms. The zero-order valence-corrected chi connectivity index (χ0v) is 22.7. The summed E-state index contributed by atoms with van der Waals surface area (Å²) in [6, 6.07) is 0. The van der Waals surface area contributed by atoms with Crippen LogP contribution in [0.5, 0.6) is 0 Å². The molecule has 0 aromatic rings. The summed E-state index contributed by atoms with van der Waals surface area (Å²) < 4.78 is 0. The molecule has 1 N–H and O–H groups in total. The van der Waals surface area contributed by atoms with Crippen LogP contribution in [-0.2, 0) is 0 Å². The summed E-state index contributed by atoms with van der Waals surface area (Å²) in [6.45, 7) is 6.32. The van der Waals surface area contributed by atoms with Crippen LogP contribution in [0.4, 0.5) is 0 Å². The molecular formula is C30H63NO. The summed E-state index contributed by atoms with van der Waals surface area (Å²) in [4.78, 5) is 0. The highest BCUT2D eigenvalue weighted by Crippen LogP contribution is 2.14. The van der Waals surface area contributed by atoms with Crippen LogP contribution in [0, 0.1) is 0 Å². The van der Waals surface area contributed by atoms with E-state index in [1.165, 1.54) is 154 Å². The molecule has 0 aliphatic rings. The predicted molar refractivity (Wildman–Crippen MR) is 145 cm³/mol. The number of hydroxylamine groups is 2. The Labute approximate surface area is 204 Å². The lowest BCUT2D eigenvalue weighted by Crippen LogP contribution is -2.21. The van der Waals surface area contributed by atoms with Crippen LogP contribution in [0.3, 0.4) is 0 Å². The maximum Gasteiger partial charge on any atom is 0.0238 e. The van der Waals surface area contributed by atoms with Gasteiger partial charge in [0.2, 0.25) is 0 Å². The van der Waals surface area contributed by atoms with E-state index in [0.717, 1.165) is 25.9 Å². The first kappa shape index (κ1) is 31.9. The first-order valence-electron chi connectivity index (χ1n) is 15.2. The molecule has 32 heavy (non-hydrogen) atoms. The summed E-state index contributed by atoms with van der Waals surface area (Å²) in [5, 5.41) is 11.6. The molecule has 0 aromatic heterocycles. The number of unbranched alkanes of at least 4 members (excludes halogenated alkanes) is 24. The van der Waals surface area contributed by atoms with E-state index in [1.54, 1.807) is 5.06 Å². The van der Waals surface area contributed by atoms with Gasteiger partial charge in [-0.15, -0.1) is 0 Å². The zero-order chi connectivity index (χ0) is 23.4. The largest absolute Gasteiger partial charge is 0.314 e. The van der Waals surface area contributed by atoms with Gasteiger partial charge in [0.1, 0.15) is 0 Å². The van der Waals surface area contributed by atoms with Crippen molar-refractivity contribution >= 4 is 0 Å². The normalized spacial score (nSPS) is 11.6. The third kappa shape index (κ3) is 28.0. The molecule has 0 unspecified atom stereocenters. The van der Waals surface area contributed by atoms with Gasteiger partial charge in [-0.05, 0) is 12.8 Å². The Kier molecular flexibility index (Phi) is 28.9. The highest BCUT2D eigenvalue weighted by Gasteiger charge is 2.01. The van der Waals surface area contributed by atoms with E-state index in [0.29, 0.717) is 0 Å². The Morgan fingerprint density at radius 1 is 0.312 bits per heavy atom. The van der Waals surface area contributed by atoms with Gasteiger partial charge in [-0.3, -0.25) is 0 Å². The Hall–Kier alpha value is -0.0800. The smallest absolute Gasteiger partial charge is 0.0238 e. The van der Waals surface area contributed by atoms with Gasteiger partial charge < -0.3 is 5.21 Å². The van der Waals surface area contributed by atoms with Crippen LogP contribution in [-0.4, -0.2) is 23.4 Å². The maximum absolute atomic E-state index is 10.0. The molecule has 0 rings (SSSR count). The first-order valence-corrected chi connectivity index (χ1v) is 15.2. The fourth-order valence-electron chi connectivity index (χ4n) is 4.74. The average molecular weight is 454 g/mol. The number of rotatable bonds is 28. The number of nitrogens with zero attached hydrogens (tertiary/aromatic N) is 1. The molecule has 0 radical (unpaired) electrons. The molecule has 194 valence electrons. The molecule has 0 amide bonds. The fraction of sp³-hybridized carbons (Fsp3) is 1.00. The molecule has 0 aromatic carbocycles. The van der Waals surface area contributed by atoms with Gasteiger partial charge >= 0.3 is 0 Å². The van der Waals surface area contributed by atoms with E-state index in [9.17, 15) is 5.21 Å². The molecule has 0 bridgehead atoms.